The summed E-state index contributed by atoms with van der Waals surface area (Å²) in [5.74, 6) is -0.316. The lowest BCUT2D eigenvalue weighted by Gasteiger charge is -2.12. The van der Waals surface area contributed by atoms with Gasteiger partial charge in [0.05, 0.1) is 17.9 Å². The normalized spacial score (nSPS) is 11.6. The van der Waals surface area contributed by atoms with Gasteiger partial charge in [0, 0.05) is 39.4 Å². The quantitative estimate of drug-likeness (QED) is 0.282. The number of allylic oxidation sites excluding steroid dienone is 1. The minimum Gasteiger partial charge on any atom is -0.493 e. The van der Waals surface area contributed by atoms with Gasteiger partial charge in [0.1, 0.15) is 17.1 Å². The zero-order valence-corrected chi connectivity index (χ0v) is 19.4. The molecule has 4 nitrogen and oxygen atoms in total. The number of fused-ring (bicyclic) bond motifs is 1. The van der Waals surface area contributed by atoms with Gasteiger partial charge in [-0.2, -0.15) is 0 Å². The van der Waals surface area contributed by atoms with Crippen LogP contribution in [0.3, 0.4) is 0 Å². The molecule has 3 aromatic carbocycles. The van der Waals surface area contributed by atoms with Gasteiger partial charge in [-0.25, -0.2) is 4.39 Å². The molecule has 1 N–H and O–H groups in total. The smallest absolute Gasteiger partial charge is 0.248 e. The Labute approximate surface area is 200 Å². The van der Waals surface area contributed by atoms with Gasteiger partial charge in [0.25, 0.3) is 0 Å². The van der Waals surface area contributed by atoms with E-state index >= 15 is 0 Å². The largest absolute Gasteiger partial charge is 0.493 e. The molecule has 1 amide bonds. The number of anilines is 1. The Kier molecular flexibility index (Phi) is 6.72. The third kappa shape index (κ3) is 5.05. The van der Waals surface area contributed by atoms with Gasteiger partial charge in [0.2, 0.25) is 5.91 Å². The fraction of sp³-hybridized carbons (Fsp3) is 0.115. The van der Waals surface area contributed by atoms with Crippen LogP contribution in [0.1, 0.15) is 19.4 Å². The van der Waals surface area contributed by atoms with E-state index in [1.165, 1.54) is 24.3 Å². The summed E-state index contributed by atoms with van der Waals surface area (Å²) in [6.07, 6.45) is 3.15. The van der Waals surface area contributed by atoms with E-state index in [4.69, 9.17) is 32.4 Å². The molecule has 0 saturated carbocycles. The molecule has 0 spiro atoms. The number of carbonyl (C=O) groups is 1. The highest BCUT2D eigenvalue weighted by molar-refractivity contribution is 6.31. The van der Waals surface area contributed by atoms with Crippen molar-refractivity contribution in [2.24, 2.45) is 0 Å². The van der Waals surface area contributed by atoms with Crippen molar-refractivity contribution < 1.29 is 18.3 Å². The molecule has 1 heterocycles. The molecule has 0 radical (unpaired) electrons. The van der Waals surface area contributed by atoms with E-state index in [-0.39, 0.29) is 10.9 Å². The summed E-state index contributed by atoms with van der Waals surface area (Å²) in [5, 5.41) is 4.17. The fourth-order valence-corrected chi connectivity index (χ4v) is 3.82. The third-order valence-corrected chi connectivity index (χ3v) is 5.63. The zero-order chi connectivity index (χ0) is 23.5. The second-order valence-corrected chi connectivity index (χ2v) is 8.22. The molecule has 33 heavy (non-hydrogen) atoms. The predicted molar refractivity (Wildman–Crippen MR) is 132 cm³/mol. The third-order valence-electron chi connectivity index (χ3n) is 5.09. The van der Waals surface area contributed by atoms with E-state index in [0.29, 0.717) is 34.2 Å². The molecule has 0 fully saturated rings. The highest BCUT2D eigenvalue weighted by atomic mass is 35.5. The first-order valence-corrected chi connectivity index (χ1v) is 11.0. The number of halogens is 3. The van der Waals surface area contributed by atoms with Crippen molar-refractivity contribution in [2.45, 2.75) is 13.8 Å². The van der Waals surface area contributed by atoms with Gasteiger partial charge in [-0.3, -0.25) is 4.79 Å². The van der Waals surface area contributed by atoms with Gasteiger partial charge < -0.3 is 14.5 Å². The van der Waals surface area contributed by atoms with Crippen LogP contribution < -0.4 is 10.1 Å². The lowest BCUT2D eigenvalue weighted by atomic mass is 9.99. The van der Waals surface area contributed by atoms with Crippen LogP contribution >= 0.6 is 23.2 Å². The molecule has 0 aliphatic rings. The first-order chi connectivity index (χ1) is 15.9. The Morgan fingerprint density at radius 1 is 1.12 bits per heavy atom. The second-order valence-electron chi connectivity index (χ2n) is 7.38. The van der Waals surface area contributed by atoms with E-state index in [2.05, 4.69) is 5.32 Å². The Morgan fingerprint density at radius 2 is 1.88 bits per heavy atom. The number of nitrogens with one attached hydrogen (secondary N) is 1. The molecule has 4 aromatic rings. The first-order valence-electron chi connectivity index (χ1n) is 10.2. The maximum absolute atomic E-state index is 13.4. The van der Waals surface area contributed by atoms with E-state index in [1.807, 2.05) is 50.2 Å². The minimum absolute atomic E-state index is 0.0627. The lowest BCUT2D eigenvalue weighted by molar-refractivity contribution is -0.111. The zero-order valence-electron chi connectivity index (χ0n) is 17.9. The summed E-state index contributed by atoms with van der Waals surface area (Å²) in [6.45, 7) is 4.17. The van der Waals surface area contributed by atoms with Crippen molar-refractivity contribution in [1.29, 1.82) is 0 Å². The molecule has 0 aliphatic carbocycles. The summed E-state index contributed by atoms with van der Waals surface area (Å²) in [5.41, 5.74) is 4.38. The highest BCUT2D eigenvalue weighted by Crippen LogP contribution is 2.37. The van der Waals surface area contributed by atoms with Crippen molar-refractivity contribution >= 4 is 51.3 Å². The average Bonchev–Trinajstić information content (AvgIpc) is 3.19. The van der Waals surface area contributed by atoms with Crippen molar-refractivity contribution in [2.75, 3.05) is 11.9 Å². The van der Waals surface area contributed by atoms with Gasteiger partial charge in [-0.15, -0.1) is 0 Å². The van der Waals surface area contributed by atoms with Crippen molar-refractivity contribution in [3.63, 3.8) is 0 Å². The van der Waals surface area contributed by atoms with Crippen molar-refractivity contribution in [3.8, 4) is 16.9 Å². The molecular formula is C26H20Cl2FNO3. The highest BCUT2D eigenvalue weighted by Gasteiger charge is 2.15. The number of furan rings is 1. The van der Waals surface area contributed by atoms with Crippen LogP contribution in [0.25, 0.3) is 27.7 Å². The number of benzene rings is 3. The first kappa shape index (κ1) is 22.9. The van der Waals surface area contributed by atoms with Crippen LogP contribution in [0.5, 0.6) is 5.75 Å². The predicted octanol–water partition coefficient (Wildman–Crippen LogP) is 7.99. The van der Waals surface area contributed by atoms with E-state index < -0.39 is 5.82 Å². The molecule has 1 aromatic heterocycles. The van der Waals surface area contributed by atoms with Crippen LogP contribution in [0.4, 0.5) is 10.1 Å². The van der Waals surface area contributed by atoms with Crippen LogP contribution in [-0.4, -0.2) is 12.5 Å². The summed E-state index contributed by atoms with van der Waals surface area (Å²) in [6, 6.07) is 15.3. The van der Waals surface area contributed by atoms with Crippen LogP contribution in [-0.2, 0) is 4.79 Å². The lowest BCUT2D eigenvalue weighted by Crippen LogP contribution is -2.09. The number of carbonyl (C=O) groups excluding carboxylic acids is 1. The van der Waals surface area contributed by atoms with Gasteiger partial charge in [-0.05, 0) is 61.4 Å². The molecule has 0 unspecified atom stereocenters. The SMILES string of the molecule is CCOc1cc2occ(-c3ccc(Cl)cc3)c2cc1/C(C)=C/C(=O)Nc1ccc(F)c(Cl)c1. The van der Waals surface area contributed by atoms with Crippen molar-refractivity contribution in [1.82, 2.24) is 0 Å². The van der Waals surface area contributed by atoms with Crippen LogP contribution in [0.2, 0.25) is 10.0 Å². The Morgan fingerprint density at radius 3 is 2.58 bits per heavy atom. The second kappa shape index (κ2) is 9.69. The number of hydrogen-bond acceptors (Lipinski definition) is 3. The molecule has 0 bridgehead atoms. The molecular weight excluding hydrogens is 464 g/mol. The summed E-state index contributed by atoms with van der Waals surface area (Å²) < 4.78 is 25.0. The van der Waals surface area contributed by atoms with E-state index in [0.717, 1.165) is 22.1 Å². The number of rotatable bonds is 6. The molecule has 4 rings (SSSR count). The summed E-state index contributed by atoms with van der Waals surface area (Å²) >= 11 is 11.8. The van der Waals surface area contributed by atoms with Crippen molar-refractivity contribution in [3.05, 3.63) is 88.4 Å². The summed E-state index contributed by atoms with van der Waals surface area (Å²) in [7, 11) is 0. The van der Waals surface area contributed by atoms with E-state index in [1.54, 1.807) is 6.26 Å². The van der Waals surface area contributed by atoms with Gasteiger partial charge in [0.15, 0.2) is 0 Å². The fourth-order valence-electron chi connectivity index (χ4n) is 3.52. The van der Waals surface area contributed by atoms with Gasteiger partial charge >= 0.3 is 0 Å². The Balaban J connectivity index is 1.71. The van der Waals surface area contributed by atoms with Gasteiger partial charge in [-0.1, -0.05) is 35.3 Å². The molecule has 0 atom stereocenters. The minimum atomic E-state index is -0.548. The summed E-state index contributed by atoms with van der Waals surface area (Å²) in [4.78, 5) is 12.6. The standard InChI is InChI=1S/C26H20Cl2FNO3/c1-3-32-24-13-25-20(21(14-33-25)16-4-6-17(27)7-5-16)12-19(24)15(2)10-26(31)30-18-8-9-23(29)22(28)11-18/h4-14H,3H2,1-2H3,(H,30,31)/b15-10+. The Hall–Kier alpha value is -3.28. The maximum Gasteiger partial charge on any atom is 0.248 e. The number of hydrogen-bond donors (Lipinski definition) is 1. The van der Waals surface area contributed by atoms with Crippen LogP contribution in [0.15, 0.2) is 71.4 Å². The number of amides is 1. The molecule has 7 heteroatoms. The molecule has 0 saturated heterocycles. The molecule has 0 aliphatic heterocycles. The maximum atomic E-state index is 13.4. The van der Waals surface area contributed by atoms with E-state index in [9.17, 15) is 9.18 Å². The monoisotopic (exact) mass is 483 g/mol. The average molecular weight is 484 g/mol. The topological polar surface area (TPSA) is 51.5 Å². The molecule has 168 valence electrons. The van der Waals surface area contributed by atoms with Crippen LogP contribution in [0, 0.1) is 5.82 Å². The number of ether oxygens (including phenoxy) is 1. The Bertz CT molecular complexity index is 1360.